The normalized spacial score (nSPS) is 20.7. The molecular formula is C20H14ClF6N5O3. The number of ether oxygens (including phenoxy) is 2. The van der Waals surface area contributed by atoms with Gasteiger partial charge in [0.1, 0.15) is 12.7 Å². The van der Waals surface area contributed by atoms with Gasteiger partial charge >= 0.3 is 18.5 Å². The summed E-state index contributed by atoms with van der Waals surface area (Å²) in [7, 11) is 0. The molecule has 0 aliphatic carbocycles. The Balaban J connectivity index is 1.64. The van der Waals surface area contributed by atoms with Crippen molar-refractivity contribution >= 4 is 34.6 Å². The number of benzene rings is 1. The van der Waals surface area contributed by atoms with Crippen LogP contribution in [0.4, 0.5) is 37.1 Å². The van der Waals surface area contributed by atoms with Crippen LogP contribution in [0.5, 0.6) is 0 Å². The van der Waals surface area contributed by atoms with E-state index in [9.17, 15) is 31.1 Å². The van der Waals surface area contributed by atoms with Crippen LogP contribution in [-0.4, -0.2) is 45.3 Å². The Morgan fingerprint density at radius 1 is 1.09 bits per heavy atom. The van der Waals surface area contributed by atoms with Crippen LogP contribution in [-0.2, 0) is 28.2 Å². The van der Waals surface area contributed by atoms with E-state index in [2.05, 4.69) is 19.9 Å². The van der Waals surface area contributed by atoms with Gasteiger partial charge in [-0.3, -0.25) is 0 Å². The summed E-state index contributed by atoms with van der Waals surface area (Å²) < 4.78 is 90.0. The van der Waals surface area contributed by atoms with Crippen LogP contribution in [0.15, 0.2) is 18.2 Å². The number of halogens is 7. The fraction of sp³-hybridized carbons (Fsp3) is 0.400. The molecule has 186 valence electrons. The summed E-state index contributed by atoms with van der Waals surface area (Å²) in [6, 6.07) is 4.20. The lowest BCUT2D eigenvalue weighted by Crippen LogP contribution is -2.39. The third-order valence-electron chi connectivity index (χ3n) is 5.74. The van der Waals surface area contributed by atoms with Crippen LogP contribution < -0.4 is 4.90 Å². The van der Waals surface area contributed by atoms with Crippen LogP contribution in [0.25, 0.3) is 10.9 Å². The van der Waals surface area contributed by atoms with E-state index in [0.717, 1.165) is 10.9 Å². The second-order valence-corrected chi connectivity index (χ2v) is 8.42. The summed E-state index contributed by atoms with van der Waals surface area (Å²) in [6.07, 6.45) is -11.9. The highest BCUT2D eigenvalue weighted by Crippen LogP contribution is 2.41. The van der Waals surface area contributed by atoms with Crippen molar-refractivity contribution in [3.63, 3.8) is 0 Å². The minimum atomic E-state index is -5.24. The summed E-state index contributed by atoms with van der Waals surface area (Å²) in [5.74, 6) is -4.71. The van der Waals surface area contributed by atoms with Gasteiger partial charge in [0.25, 0.3) is 0 Å². The Bertz CT molecular complexity index is 1280. The molecule has 5 rings (SSSR count). The number of carbonyl (C=O) groups is 1. The van der Waals surface area contributed by atoms with E-state index in [4.69, 9.17) is 21.1 Å². The van der Waals surface area contributed by atoms with Gasteiger partial charge in [-0.25, -0.2) is 9.78 Å². The predicted molar refractivity (Wildman–Crippen MR) is 108 cm³/mol. The maximum atomic E-state index is 13.4. The molecule has 0 spiro atoms. The predicted octanol–water partition coefficient (Wildman–Crippen LogP) is 5.07. The quantitative estimate of drug-likeness (QED) is 0.380. The SMILES string of the molecule is O=C1OC[C@H](C[C@@H]2c3[nH]c4ccc(Cl)cc4c3CCN2c2nc(C(F)(F)F)nc(C(F)(F)F)n2)O1. The number of rotatable bonds is 3. The summed E-state index contributed by atoms with van der Waals surface area (Å²) >= 11 is 6.11. The number of hydrogen-bond acceptors (Lipinski definition) is 7. The van der Waals surface area contributed by atoms with E-state index in [1.807, 2.05) is 0 Å². The molecule has 4 heterocycles. The number of carbonyl (C=O) groups excluding carboxylic acids is 1. The number of aromatic amines is 1. The number of anilines is 1. The second-order valence-electron chi connectivity index (χ2n) is 7.98. The fourth-order valence-electron chi connectivity index (χ4n) is 4.30. The van der Waals surface area contributed by atoms with Crippen molar-refractivity contribution < 1.29 is 40.6 Å². The number of hydrogen-bond donors (Lipinski definition) is 1. The first-order valence-electron chi connectivity index (χ1n) is 10.2. The van der Waals surface area contributed by atoms with Gasteiger partial charge in [0.2, 0.25) is 17.6 Å². The summed E-state index contributed by atoms with van der Waals surface area (Å²) in [6.45, 7) is -0.138. The zero-order chi connectivity index (χ0) is 25.1. The first kappa shape index (κ1) is 23.5. The molecule has 1 N–H and O–H groups in total. The van der Waals surface area contributed by atoms with Crippen molar-refractivity contribution in [1.82, 2.24) is 19.9 Å². The summed E-state index contributed by atoms with van der Waals surface area (Å²) in [5.41, 5.74) is 1.97. The van der Waals surface area contributed by atoms with E-state index in [1.54, 1.807) is 18.2 Å². The van der Waals surface area contributed by atoms with Gasteiger partial charge in [-0.1, -0.05) is 11.6 Å². The minimum Gasteiger partial charge on any atom is -0.430 e. The fourth-order valence-corrected chi connectivity index (χ4v) is 4.47. The lowest BCUT2D eigenvalue weighted by molar-refractivity contribution is -0.155. The van der Waals surface area contributed by atoms with Crippen molar-refractivity contribution in [2.45, 2.75) is 37.3 Å². The number of nitrogens with zero attached hydrogens (tertiary/aromatic N) is 4. The number of alkyl halides is 6. The van der Waals surface area contributed by atoms with Gasteiger partial charge in [-0.2, -0.15) is 36.3 Å². The van der Waals surface area contributed by atoms with Gasteiger partial charge < -0.3 is 19.4 Å². The molecule has 2 atom stereocenters. The zero-order valence-corrected chi connectivity index (χ0v) is 18.1. The largest absolute Gasteiger partial charge is 0.508 e. The Labute approximate surface area is 197 Å². The van der Waals surface area contributed by atoms with E-state index < -0.39 is 48.3 Å². The van der Waals surface area contributed by atoms with Crippen LogP contribution in [0.3, 0.4) is 0 Å². The van der Waals surface area contributed by atoms with E-state index in [-0.39, 0.29) is 26.0 Å². The zero-order valence-electron chi connectivity index (χ0n) is 17.4. The highest BCUT2D eigenvalue weighted by atomic mass is 35.5. The lowest BCUT2D eigenvalue weighted by atomic mass is 9.94. The molecule has 0 radical (unpaired) electrons. The number of fused-ring (bicyclic) bond motifs is 3. The first-order chi connectivity index (χ1) is 16.4. The molecule has 2 aromatic heterocycles. The number of nitrogens with one attached hydrogen (secondary N) is 1. The van der Waals surface area contributed by atoms with Gasteiger partial charge in [0, 0.05) is 34.6 Å². The maximum Gasteiger partial charge on any atom is 0.508 e. The molecule has 1 fully saturated rings. The summed E-state index contributed by atoms with van der Waals surface area (Å²) in [4.78, 5) is 25.0. The van der Waals surface area contributed by atoms with Crippen molar-refractivity contribution in [3.05, 3.63) is 46.1 Å². The molecule has 1 saturated heterocycles. The van der Waals surface area contributed by atoms with Crippen LogP contribution in [0.1, 0.15) is 35.4 Å². The Kier molecular flexibility index (Phi) is 5.45. The first-order valence-corrected chi connectivity index (χ1v) is 10.6. The lowest BCUT2D eigenvalue weighted by Gasteiger charge is -2.36. The minimum absolute atomic E-state index is 0.00627. The monoisotopic (exact) mass is 521 g/mol. The molecule has 0 unspecified atom stereocenters. The van der Waals surface area contributed by atoms with Gasteiger partial charge in [-0.15, -0.1) is 0 Å². The molecule has 2 aliphatic rings. The highest BCUT2D eigenvalue weighted by Gasteiger charge is 2.44. The maximum absolute atomic E-state index is 13.4. The van der Waals surface area contributed by atoms with Gasteiger partial charge in [0.05, 0.1) is 6.04 Å². The third kappa shape index (κ3) is 4.42. The molecule has 3 aromatic rings. The van der Waals surface area contributed by atoms with Gasteiger partial charge in [-0.05, 0) is 30.2 Å². The third-order valence-corrected chi connectivity index (χ3v) is 5.97. The molecule has 2 aliphatic heterocycles. The van der Waals surface area contributed by atoms with E-state index >= 15 is 0 Å². The van der Waals surface area contributed by atoms with E-state index in [1.165, 1.54) is 4.90 Å². The molecular weight excluding hydrogens is 508 g/mol. The van der Waals surface area contributed by atoms with Gasteiger partial charge in [0.15, 0.2) is 0 Å². The van der Waals surface area contributed by atoms with Crippen LogP contribution in [0, 0.1) is 0 Å². The molecule has 0 saturated carbocycles. The molecule has 0 bridgehead atoms. The highest BCUT2D eigenvalue weighted by molar-refractivity contribution is 6.31. The van der Waals surface area contributed by atoms with E-state index in [0.29, 0.717) is 16.2 Å². The Hall–Kier alpha value is -3.29. The number of cyclic esters (lactones) is 2. The molecule has 8 nitrogen and oxygen atoms in total. The molecule has 0 amide bonds. The molecule has 15 heteroatoms. The average Bonchev–Trinajstić information content (AvgIpc) is 3.35. The standard InChI is InChI=1S/C20H14ClF6N5O3/c21-8-1-2-12-11(5-8)10-3-4-32(13(14(10)28-12)6-9-7-34-18(33)35-9)17-30-15(19(22,23)24)29-16(31-17)20(25,26)27/h1-2,5,9,13,28H,3-4,6-7H2/t9-,13+/m0/s1. The molecule has 35 heavy (non-hydrogen) atoms. The smallest absolute Gasteiger partial charge is 0.430 e. The number of H-pyrrole nitrogens is 1. The van der Waals surface area contributed by atoms with Crippen molar-refractivity contribution in [2.24, 2.45) is 0 Å². The number of aromatic nitrogens is 4. The second kappa shape index (κ2) is 8.14. The van der Waals surface area contributed by atoms with Crippen LogP contribution in [0.2, 0.25) is 5.02 Å². The van der Waals surface area contributed by atoms with Crippen molar-refractivity contribution in [2.75, 3.05) is 18.1 Å². The van der Waals surface area contributed by atoms with Crippen LogP contribution >= 0.6 is 11.6 Å². The Morgan fingerprint density at radius 3 is 2.37 bits per heavy atom. The van der Waals surface area contributed by atoms with Crippen molar-refractivity contribution in [3.8, 4) is 0 Å². The summed E-state index contributed by atoms with van der Waals surface area (Å²) in [5, 5.41) is 1.22. The topological polar surface area (TPSA) is 93.2 Å². The Morgan fingerprint density at radius 2 is 1.77 bits per heavy atom. The molecule has 1 aromatic carbocycles. The van der Waals surface area contributed by atoms with Crippen molar-refractivity contribution in [1.29, 1.82) is 0 Å². The average molecular weight is 522 g/mol.